The fraction of sp³-hybridized carbons (Fsp3) is 0.286. The summed E-state index contributed by atoms with van der Waals surface area (Å²) in [5.41, 5.74) is 0.832. The van der Waals surface area contributed by atoms with Gasteiger partial charge in [0.2, 0.25) is 0 Å². The van der Waals surface area contributed by atoms with E-state index in [1.807, 2.05) is 12.1 Å². The first-order valence-electron chi connectivity index (χ1n) is 6.16. The number of carboxylic acids is 1. The maximum absolute atomic E-state index is 10.9. The minimum atomic E-state index is -0.993. The van der Waals surface area contributed by atoms with Crippen LogP contribution in [0.5, 0.6) is 0 Å². The van der Waals surface area contributed by atoms with Gasteiger partial charge in [-0.2, -0.15) is 0 Å². The lowest BCUT2D eigenvalue weighted by molar-refractivity contribution is 0.0690. The molecule has 2 heterocycles. The number of pyridine rings is 1. The molecule has 0 fully saturated rings. The smallest absolute Gasteiger partial charge is 0.354 e. The Bertz CT molecular complexity index is 540. The molecule has 19 heavy (non-hydrogen) atoms. The van der Waals surface area contributed by atoms with Crippen LogP contribution in [0.25, 0.3) is 0 Å². The molecular weight excluding hydrogens is 260 g/mol. The number of aromatic nitrogens is 1. The van der Waals surface area contributed by atoms with Gasteiger partial charge in [-0.25, -0.2) is 9.78 Å². The molecule has 0 spiro atoms. The van der Waals surface area contributed by atoms with E-state index >= 15 is 0 Å². The highest BCUT2D eigenvalue weighted by Crippen LogP contribution is 2.21. The Morgan fingerprint density at radius 2 is 2.26 bits per heavy atom. The summed E-state index contributed by atoms with van der Waals surface area (Å²) >= 11 is 1.72. The van der Waals surface area contributed by atoms with E-state index in [0.29, 0.717) is 6.54 Å². The SMILES string of the molecule is CCC(NCc1cccc(C(=O)O)n1)c1cccs1. The topological polar surface area (TPSA) is 62.2 Å². The van der Waals surface area contributed by atoms with E-state index in [0.717, 1.165) is 12.1 Å². The van der Waals surface area contributed by atoms with Gasteiger partial charge in [-0.05, 0) is 30.0 Å². The van der Waals surface area contributed by atoms with Gasteiger partial charge in [0.25, 0.3) is 0 Å². The second-order valence-corrected chi connectivity index (χ2v) is 5.16. The number of nitrogens with zero attached hydrogens (tertiary/aromatic N) is 1. The molecule has 0 aliphatic heterocycles. The van der Waals surface area contributed by atoms with Crippen LogP contribution >= 0.6 is 11.3 Å². The molecular formula is C14H16N2O2S. The van der Waals surface area contributed by atoms with Crippen LogP contribution in [0.4, 0.5) is 0 Å². The number of rotatable bonds is 6. The number of carbonyl (C=O) groups is 1. The average Bonchev–Trinajstić information content (AvgIpc) is 2.94. The second kappa shape index (κ2) is 6.45. The molecule has 0 aliphatic carbocycles. The van der Waals surface area contributed by atoms with Crippen LogP contribution in [0.3, 0.4) is 0 Å². The maximum atomic E-state index is 10.9. The molecule has 2 N–H and O–H groups in total. The van der Waals surface area contributed by atoms with Gasteiger partial charge in [0.05, 0.1) is 5.69 Å². The summed E-state index contributed by atoms with van der Waals surface area (Å²) in [6.07, 6.45) is 0.985. The van der Waals surface area contributed by atoms with E-state index in [-0.39, 0.29) is 11.7 Å². The molecule has 2 aromatic rings. The third kappa shape index (κ3) is 3.62. The Labute approximate surface area is 116 Å². The lowest BCUT2D eigenvalue weighted by atomic mass is 10.2. The Kier molecular flexibility index (Phi) is 4.65. The van der Waals surface area contributed by atoms with Gasteiger partial charge in [-0.3, -0.25) is 0 Å². The van der Waals surface area contributed by atoms with Crippen molar-refractivity contribution in [2.75, 3.05) is 0 Å². The molecule has 0 radical (unpaired) electrons. The summed E-state index contributed by atoms with van der Waals surface area (Å²) in [7, 11) is 0. The van der Waals surface area contributed by atoms with Crippen molar-refractivity contribution in [2.24, 2.45) is 0 Å². The summed E-state index contributed by atoms with van der Waals surface area (Å²) in [4.78, 5) is 16.2. The molecule has 2 rings (SSSR count). The van der Waals surface area contributed by atoms with Gasteiger partial charge < -0.3 is 10.4 Å². The van der Waals surface area contributed by atoms with Crippen LogP contribution in [0, 0.1) is 0 Å². The summed E-state index contributed by atoms with van der Waals surface area (Å²) in [6.45, 7) is 2.69. The van der Waals surface area contributed by atoms with Gasteiger partial charge in [0.15, 0.2) is 0 Å². The summed E-state index contributed by atoms with van der Waals surface area (Å²) in [5, 5.41) is 14.4. The summed E-state index contributed by atoms with van der Waals surface area (Å²) in [5.74, 6) is -0.993. The van der Waals surface area contributed by atoms with E-state index in [1.165, 1.54) is 10.9 Å². The standard InChI is InChI=1S/C14H16N2O2S/c1-2-11(13-7-4-8-19-13)15-9-10-5-3-6-12(16-10)14(17)18/h3-8,11,15H,2,9H2,1H3,(H,17,18). The van der Waals surface area contributed by atoms with Crippen LogP contribution in [-0.4, -0.2) is 16.1 Å². The highest BCUT2D eigenvalue weighted by atomic mass is 32.1. The summed E-state index contributed by atoms with van der Waals surface area (Å²) in [6, 6.07) is 9.48. The van der Waals surface area contributed by atoms with Gasteiger partial charge in [0.1, 0.15) is 5.69 Å². The molecule has 0 bridgehead atoms. The third-order valence-electron chi connectivity index (χ3n) is 2.85. The van der Waals surface area contributed by atoms with E-state index in [1.54, 1.807) is 17.4 Å². The molecule has 2 aromatic heterocycles. The number of thiophene rings is 1. The van der Waals surface area contributed by atoms with E-state index < -0.39 is 5.97 Å². The van der Waals surface area contributed by atoms with Gasteiger partial charge >= 0.3 is 5.97 Å². The monoisotopic (exact) mass is 276 g/mol. The van der Waals surface area contributed by atoms with E-state index in [4.69, 9.17) is 5.11 Å². The Hall–Kier alpha value is -1.72. The molecule has 5 heteroatoms. The Morgan fingerprint density at radius 3 is 2.89 bits per heavy atom. The van der Waals surface area contributed by atoms with Crippen LogP contribution in [-0.2, 0) is 6.54 Å². The van der Waals surface area contributed by atoms with Crippen molar-refractivity contribution < 1.29 is 9.90 Å². The van der Waals surface area contributed by atoms with Crippen LogP contribution in [0.1, 0.15) is 40.4 Å². The molecule has 0 aliphatic rings. The zero-order valence-corrected chi connectivity index (χ0v) is 11.5. The molecule has 0 aromatic carbocycles. The van der Waals surface area contributed by atoms with Crippen molar-refractivity contribution in [3.8, 4) is 0 Å². The maximum Gasteiger partial charge on any atom is 0.354 e. The van der Waals surface area contributed by atoms with Crippen molar-refractivity contribution in [3.63, 3.8) is 0 Å². The molecule has 1 unspecified atom stereocenters. The van der Waals surface area contributed by atoms with Crippen molar-refractivity contribution in [1.29, 1.82) is 0 Å². The first-order valence-corrected chi connectivity index (χ1v) is 7.04. The lowest BCUT2D eigenvalue weighted by Gasteiger charge is -2.15. The lowest BCUT2D eigenvalue weighted by Crippen LogP contribution is -2.20. The zero-order valence-electron chi connectivity index (χ0n) is 10.7. The fourth-order valence-corrected chi connectivity index (χ4v) is 2.75. The molecule has 100 valence electrons. The van der Waals surface area contributed by atoms with Crippen molar-refractivity contribution in [1.82, 2.24) is 10.3 Å². The van der Waals surface area contributed by atoms with Crippen molar-refractivity contribution in [2.45, 2.75) is 25.9 Å². The predicted octanol–water partition coefficient (Wildman–Crippen LogP) is 3.08. The summed E-state index contributed by atoms with van der Waals surface area (Å²) < 4.78 is 0. The fourth-order valence-electron chi connectivity index (χ4n) is 1.86. The van der Waals surface area contributed by atoms with Crippen molar-refractivity contribution >= 4 is 17.3 Å². The molecule has 4 nitrogen and oxygen atoms in total. The molecule has 0 saturated carbocycles. The largest absolute Gasteiger partial charge is 0.477 e. The van der Waals surface area contributed by atoms with Gasteiger partial charge in [0, 0.05) is 17.5 Å². The number of carboxylic acid groups (broad SMARTS) is 1. The Balaban J connectivity index is 2.01. The first kappa shape index (κ1) is 13.7. The molecule has 0 amide bonds. The third-order valence-corrected chi connectivity index (χ3v) is 3.84. The van der Waals surface area contributed by atoms with Crippen molar-refractivity contribution in [3.05, 3.63) is 52.0 Å². The van der Waals surface area contributed by atoms with Crippen LogP contribution in [0.2, 0.25) is 0 Å². The quantitative estimate of drug-likeness (QED) is 0.851. The first-order chi connectivity index (χ1) is 9.20. The minimum Gasteiger partial charge on any atom is -0.477 e. The van der Waals surface area contributed by atoms with E-state index in [9.17, 15) is 4.79 Å². The number of hydrogen-bond donors (Lipinski definition) is 2. The molecule has 0 saturated heterocycles. The van der Waals surface area contributed by atoms with Gasteiger partial charge in [-0.15, -0.1) is 11.3 Å². The van der Waals surface area contributed by atoms with Crippen LogP contribution < -0.4 is 5.32 Å². The highest BCUT2D eigenvalue weighted by Gasteiger charge is 2.10. The Morgan fingerprint density at radius 1 is 1.42 bits per heavy atom. The normalized spacial score (nSPS) is 12.3. The van der Waals surface area contributed by atoms with Gasteiger partial charge in [-0.1, -0.05) is 19.1 Å². The second-order valence-electron chi connectivity index (χ2n) is 4.18. The zero-order chi connectivity index (χ0) is 13.7. The number of aromatic carboxylic acids is 1. The minimum absolute atomic E-state index is 0.0865. The molecule has 1 atom stereocenters. The predicted molar refractivity (Wildman–Crippen MR) is 75.4 cm³/mol. The highest BCUT2D eigenvalue weighted by molar-refractivity contribution is 7.10. The average molecular weight is 276 g/mol. The number of hydrogen-bond acceptors (Lipinski definition) is 4. The van der Waals surface area contributed by atoms with E-state index in [2.05, 4.69) is 28.7 Å². The van der Waals surface area contributed by atoms with Crippen LogP contribution in [0.15, 0.2) is 35.7 Å². The number of nitrogens with one attached hydrogen (secondary N) is 1.